The molecule has 0 saturated carbocycles. The van der Waals surface area contributed by atoms with Gasteiger partial charge in [0.15, 0.2) is 11.6 Å². The van der Waals surface area contributed by atoms with Gasteiger partial charge in [-0.1, -0.05) is 6.42 Å². The number of halogens is 1. The van der Waals surface area contributed by atoms with Crippen LogP contribution in [-0.2, 0) is 19.6 Å². The maximum absolute atomic E-state index is 14.8. The number of rotatable bonds is 9. The van der Waals surface area contributed by atoms with E-state index in [4.69, 9.17) is 26.9 Å². The first-order valence-electron chi connectivity index (χ1n) is 11.0. The number of sulfonamides is 1. The van der Waals surface area contributed by atoms with Crippen molar-refractivity contribution >= 4 is 22.0 Å². The molecule has 1 saturated heterocycles. The summed E-state index contributed by atoms with van der Waals surface area (Å²) in [5.74, 6) is -1.93. The number of morpholine rings is 1. The van der Waals surface area contributed by atoms with Crippen LogP contribution in [0.25, 0.3) is 0 Å². The van der Waals surface area contributed by atoms with E-state index in [1.807, 2.05) is 6.07 Å². The fourth-order valence-corrected chi connectivity index (χ4v) is 4.82. The highest BCUT2D eigenvalue weighted by atomic mass is 32.2. The predicted octanol–water partition coefficient (Wildman–Crippen LogP) is 1.31. The number of benzene rings is 2. The molecule has 3 rings (SSSR count). The van der Waals surface area contributed by atoms with Gasteiger partial charge in [-0.05, 0) is 42.5 Å². The van der Waals surface area contributed by atoms with Gasteiger partial charge in [0.2, 0.25) is 15.9 Å². The highest BCUT2D eigenvalue weighted by molar-refractivity contribution is 7.89. The number of terminal acetylenes is 1. The Morgan fingerprint density at radius 3 is 2.41 bits per heavy atom. The minimum absolute atomic E-state index is 0.235. The van der Waals surface area contributed by atoms with Crippen LogP contribution in [-0.4, -0.2) is 80.4 Å². The third-order valence-electron chi connectivity index (χ3n) is 5.33. The van der Waals surface area contributed by atoms with Crippen molar-refractivity contribution in [2.24, 2.45) is 5.73 Å². The van der Waals surface area contributed by atoms with E-state index in [1.165, 1.54) is 29.2 Å². The van der Waals surface area contributed by atoms with E-state index in [1.54, 1.807) is 0 Å². The topological polar surface area (TPSA) is 146 Å². The number of nitriles is 1. The zero-order valence-corrected chi connectivity index (χ0v) is 20.5. The summed E-state index contributed by atoms with van der Waals surface area (Å²) in [5.41, 5.74) is 5.63. The normalized spacial score (nSPS) is 13.5. The molecule has 0 atom stereocenters. The molecule has 2 N–H and O–H groups in total. The fraction of sp³-hybridized carbons (Fsp3) is 0.292. The number of hydrogen-bond acceptors (Lipinski definition) is 7. The van der Waals surface area contributed by atoms with Gasteiger partial charge in [-0.2, -0.15) is 9.57 Å². The van der Waals surface area contributed by atoms with Crippen LogP contribution in [0.15, 0.2) is 47.4 Å². The summed E-state index contributed by atoms with van der Waals surface area (Å²) < 4.78 is 52.6. The number of primary amides is 1. The van der Waals surface area contributed by atoms with Crippen molar-refractivity contribution in [1.29, 1.82) is 5.26 Å². The van der Waals surface area contributed by atoms with Crippen LogP contribution in [0, 0.1) is 29.6 Å². The number of ether oxygens (including phenoxy) is 2. The lowest BCUT2D eigenvalue weighted by molar-refractivity contribution is -0.118. The van der Waals surface area contributed by atoms with Crippen LogP contribution in [0.4, 0.5) is 9.18 Å². The SMILES string of the molecule is C#CN(CCN(CC(N)=O)S(=O)(=O)c1ccc(Oc2ccc(C#N)cc2)c(F)c1)C(=O)N1CCOCC1. The Bertz CT molecular complexity index is 1330. The molecule has 1 aliphatic rings. The maximum atomic E-state index is 14.8. The van der Waals surface area contributed by atoms with Crippen molar-refractivity contribution < 1.29 is 31.9 Å². The number of nitrogens with zero attached hydrogens (tertiary/aromatic N) is 4. The quantitative estimate of drug-likeness (QED) is 0.381. The molecule has 0 unspecified atom stereocenters. The highest BCUT2D eigenvalue weighted by Gasteiger charge is 2.29. The molecule has 3 amide bonds. The van der Waals surface area contributed by atoms with Gasteiger partial charge in [-0.25, -0.2) is 17.6 Å². The minimum Gasteiger partial charge on any atom is -0.454 e. The second-order valence-electron chi connectivity index (χ2n) is 7.80. The van der Waals surface area contributed by atoms with Crippen LogP contribution >= 0.6 is 0 Å². The maximum Gasteiger partial charge on any atom is 0.331 e. The van der Waals surface area contributed by atoms with Crippen molar-refractivity contribution in [1.82, 2.24) is 14.1 Å². The van der Waals surface area contributed by atoms with Crippen LogP contribution in [0.1, 0.15) is 5.56 Å². The molecule has 0 radical (unpaired) electrons. The Morgan fingerprint density at radius 1 is 1.16 bits per heavy atom. The lowest BCUT2D eigenvalue weighted by Gasteiger charge is -2.31. The Kier molecular flexibility index (Phi) is 9.03. The van der Waals surface area contributed by atoms with E-state index < -0.39 is 39.2 Å². The van der Waals surface area contributed by atoms with Crippen LogP contribution in [0.3, 0.4) is 0 Å². The predicted molar refractivity (Wildman–Crippen MR) is 129 cm³/mol. The van der Waals surface area contributed by atoms with Gasteiger partial charge in [0.05, 0.1) is 36.3 Å². The molecule has 1 aliphatic heterocycles. The van der Waals surface area contributed by atoms with Crippen molar-refractivity contribution in [3.8, 4) is 30.0 Å². The second-order valence-corrected chi connectivity index (χ2v) is 9.74. The summed E-state index contributed by atoms with van der Waals surface area (Å²) >= 11 is 0. The number of hydrogen-bond donors (Lipinski definition) is 1. The van der Waals surface area contributed by atoms with Gasteiger partial charge >= 0.3 is 6.03 Å². The number of nitrogens with two attached hydrogens (primary N) is 1. The zero-order chi connectivity index (χ0) is 27.0. The van der Waals surface area contributed by atoms with Gasteiger partial charge in [-0.3, -0.25) is 9.69 Å². The first kappa shape index (κ1) is 27.4. The molecule has 0 bridgehead atoms. The van der Waals surface area contributed by atoms with Crippen LogP contribution < -0.4 is 10.5 Å². The van der Waals surface area contributed by atoms with Gasteiger partial charge in [-0.15, -0.1) is 0 Å². The average molecular weight is 530 g/mol. The smallest absolute Gasteiger partial charge is 0.331 e. The molecule has 0 aromatic heterocycles. The molecule has 0 aliphatic carbocycles. The summed E-state index contributed by atoms with van der Waals surface area (Å²) in [6.07, 6.45) is 5.46. The summed E-state index contributed by atoms with van der Waals surface area (Å²) in [6.45, 7) is 0.0500. The van der Waals surface area contributed by atoms with E-state index in [0.717, 1.165) is 27.4 Å². The van der Waals surface area contributed by atoms with E-state index in [9.17, 15) is 22.4 Å². The lowest BCUT2D eigenvalue weighted by atomic mass is 10.2. The number of carbonyl (C=O) groups is 2. The first-order valence-corrected chi connectivity index (χ1v) is 12.5. The Balaban J connectivity index is 1.77. The molecular formula is C24H24FN5O6S. The third kappa shape index (κ3) is 6.95. The highest BCUT2D eigenvalue weighted by Crippen LogP contribution is 2.28. The number of amides is 3. The molecule has 2 aromatic rings. The Morgan fingerprint density at radius 2 is 1.84 bits per heavy atom. The summed E-state index contributed by atoms with van der Waals surface area (Å²) in [5, 5.41) is 8.86. The van der Waals surface area contributed by atoms with Gasteiger partial charge in [0, 0.05) is 32.2 Å². The molecule has 194 valence electrons. The number of urea groups is 1. The van der Waals surface area contributed by atoms with Crippen molar-refractivity contribution in [2.45, 2.75) is 4.90 Å². The molecular weight excluding hydrogens is 505 g/mol. The summed E-state index contributed by atoms with van der Waals surface area (Å²) in [6, 6.07) is 12.5. The van der Waals surface area contributed by atoms with E-state index in [0.29, 0.717) is 31.9 Å². The van der Waals surface area contributed by atoms with Gasteiger partial charge in [0.1, 0.15) is 5.75 Å². The lowest BCUT2D eigenvalue weighted by Crippen LogP contribution is -2.49. The van der Waals surface area contributed by atoms with Gasteiger partial charge in [0.25, 0.3) is 0 Å². The molecule has 0 spiro atoms. The Hall–Kier alpha value is -4.17. The van der Waals surface area contributed by atoms with Crippen LogP contribution in [0.5, 0.6) is 11.5 Å². The zero-order valence-electron chi connectivity index (χ0n) is 19.7. The van der Waals surface area contributed by atoms with Crippen molar-refractivity contribution in [2.75, 3.05) is 45.9 Å². The van der Waals surface area contributed by atoms with E-state index in [-0.39, 0.29) is 24.6 Å². The molecule has 13 heteroatoms. The molecule has 1 heterocycles. The van der Waals surface area contributed by atoms with Crippen molar-refractivity contribution in [3.63, 3.8) is 0 Å². The first-order chi connectivity index (χ1) is 17.6. The fourth-order valence-electron chi connectivity index (χ4n) is 3.41. The van der Waals surface area contributed by atoms with Crippen LogP contribution in [0.2, 0.25) is 0 Å². The third-order valence-corrected chi connectivity index (χ3v) is 7.17. The number of carbonyl (C=O) groups excluding carboxylic acids is 2. The monoisotopic (exact) mass is 529 g/mol. The van der Waals surface area contributed by atoms with E-state index in [2.05, 4.69) is 6.04 Å². The van der Waals surface area contributed by atoms with Crippen molar-refractivity contribution in [3.05, 3.63) is 53.8 Å². The largest absolute Gasteiger partial charge is 0.454 e. The minimum atomic E-state index is -4.41. The molecule has 11 nitrogen and oxygen atoms in total. The Labute approximate surface area is 213 Å². The van der Waals surface area contributed by atoms with Gasteiger partial charge < -0.3 is 20.1 Å². The second kappa shape index (κ2) is 12.2. The summed E-state index contributed by atoms with van der Waals surface area (Å²) in [4.78, 5) is 26.3. The molecule has 2 aromatic carbocycles. The standard InChI is InChI=1S/C24H24FN5O6S/c1-2-28(24(32)29-11-13-35-14-12-29)9-10-30(17-23(27)31)37(33,34)20-7-8-22(21(25)15-20)36-19-5-3-18(16-26)4-6-19/h1,3-8,15H,9-14,17H2,(H2,27,31). The molecule has 37 heavy (non-hydrogen) atoms. The average Bonchev–Trinajstić information content (AvgIpc) is 2.90. The van der Waals surface area contributed by atoms with E-state index >= 15 is 0 Å². The molecule has 1 fully saturated rings. The summed E-state index contributed by atoms with van der Waals surface area (Å²) in [7, 11) is -4.41.